The van der Waals surface area contributed by atoms with E-state index in [0.29, 0.717) is 9.35 Å². The van der Waals surface area contributed by atoms with Crippen molar-refractivity contribution in [3.8, 4) is 0 Å². The van der Waals surface area contributed by atoms with Gasteiger partial charge < -0.3 is 4.90 Å². The van der Waals surface area contributed by atoms with E-state index >= 15 is 0 Å². The summed E-state index contributed by atoms with van der Waals surface area (Å²) in [6.07, 6.45) is -2.58. The number of hydrogen-bond donors (Lipinski definition) is 0. The van der Waals surface area contributed by atoms with Gasteiger partial charge in [0.2, 0.25) is 0 Å². The second kappa shape index (κ2) is 5.44. The lowest BCUT2D eigenvalue weighted by molar-refractivity contribution is -0.144. The molecule has 0 spiro atoms. The SMILES string of the molecule is CC(C1CC1)N(CC(F)(F)F)C(=O)c1sccc1Br. The lowest BCUT2D eigenvalue weighted by Crippen LogP contribution is -2.45. The van der Waals surface area contributed by atoms with E-state index in [0.717, 1.165) is 29.1 Å². The molecule has 1 heterocycles. The number of alkyl halides is 3. The Labute approximate surface area is 121 Å². The van der Waals surface area contributed by atoms with Crippen LogP contribution in [0.2, 0.25) is 0 Å². The summed E-state index contributed by atoms with van der Waals surface area (Å²) in [6, 6.07) is 1.30. The maximum Gasteiger partial charge on any atom is 0.406 e. The number of carbonyl (C=O) groups is 1. The predicted octanol–water partition coefficient (Wildman–Crippen LogP) is 4.31. The molecule has 1 aliphatic carbocycles. The molecular formula is C12H13BrF3NOS. The van der Waals surface area contributed by atoms with Crippen LogP contribution in [0.25, 0.3) is 0 Å². The van der Waals surface area contributed by atoms with Crippen molar-refractivity contribution in [2.24, 2.45) is 5.92 Å². The summed E-state index contributed by atoms with van der Waals surface area (Å²) in [5.41, 5.74) is 0. The standard InChI is InChI=1S/C12H13BrF3NOS/c1-7(8-2-3-8)17(6-12(14,15)16)11(18)10-9(13)4-5-19-10/h4-5,7-8H,2-3,6H2,1H3. The summed E-state index contributed by atoms with van der Waals surface area (Å²) in [5.74, 6) is -0.344. The molecule has 106 valence electrons. The minimum absolute atomic E-state index is 0.199. The smallest absolute Gasteiger partial charge is 0.326 e. The molecule has 1 amide bonds. The monoisotopic (exact) mass is 355 g/mol. The molecule has 0 N–H and O–H groups in total. The number of halogens is 4. The number of hydrogen-bond acceptors (Lipinski definition) is 2. The quantitative estimate of drug-likeness (QED) is 0.787. The zero-order chi connectivity index (χ0) is 14.2. The second-order valence-corrected chi connectivity index (χ2v) is 6.49. The summed E-state index contributed by atoms with van der Waals surface area (Å²) < 4.78 is 38.5. The molecular weight excluding hydrogens is 343 g/mol. The van der Waals surface area contributed by atoms with Gasteiger partial charge in [0.15, 0.2) is 0 Å². The molecule has 1 aromatic heterocycles. The fourth-order valence-electron chi connectivity index (χ4n) is 2.00. The van der Waals surface area contributed by atoms with Gasteiger partial charge in [0, 0.05) is 10.5 Å². The van der Waals surface area contributed by atoms with Crippen LogP contribution in [0.1, 0.15) is 29.4 Å². The number of nitrogens with zero attached hydrogens (tertiary/aromatic N) is 1. The summed E-state index contributed by atoms with van der Waals surface area (Å²) in [5, 5.41) is 1.69. The van der Waals surface area contributed by atoms with E-state index < -0.39 is 18.6 Å². The highest BCUT2D eigenvalue weighted by Crippen LogP contribution is 2.37. The van der Waals surface area contributed by atoms with Crippen molar-refractivity contribution >= 4 is 33.2 Å². The number of thiophene rings is 1. The zero-order valence-electron chi connectivity index (χ0n) is 10.2. The second-order valence-electron chi connectivity index (χ2n) is 4.72. The molecule has 1 unspecified atom stereocenters. The van der Waals surface area contributed by atoms with Crippen molar-refractivity contribution in [3.05, 3.63) is 20.8 Å². The van der Waals surface area contributed by atoms with E-state index in [1.807, 2.05) is 0 Å². The first-order valence-corrected chi connectivity index (χ1v) is 7.57. The maximum atomic E-state index is 12.7. The van der Waals surface area contributed by atoms with Gasteiger partial charge in [-0.3, -0.25) is 4.79 Å². The molecule has 1 saturated carbocycles. The van der Waals surface area contributed by atoms with E-state index in [4.69, 9.17) is 0 Å². The molecule has 0 radical (unpaired) electrons. The van der Waals surface area contributed by atoms with Crippen LogP contribution in [-0.2, 0) is 0 Å². The highest BCUT2D eigenvalue weighted by Gasteiger charge is 2.41. The van der Waals surface area contributed by atoms with Crippen molar-refractivity contribution in [2.75, 3.05) is 6.54 Å². The molecule has 1 atom stereocenters. The Hall–Kier alpha value is -0.560. The van der Waals surface area contributed by atoms with E-state index in [-0.39, 0.29) is 12.0 Å². The summed E-state index contributed by atoms with van der Waals surface area (Å²) >= 11 is 4.35. The lowest BCUT2D eigenvalue weighted by atomic mass is 10.1. The molecule has 2 rings (SSSR count). The molecule has 0 aromatic carbocycles. The van der Waals surface area contributed by atoms with Gasteiger partial charge in [-0.05, 0) is 53.1 Å². The third kappa shape index (κ3) is 3.72. The topological polar surface area (TPSA) is 20.3 Å². The van der Waals surface area contributed by atoms with E-state index in [1.165, 1.54) is 0 Å². The molecule has 0 bridgehead atoms. The Kier molecular flexibility index (Phi) is 4.25. The van der Waals surface area contributed by atoms with Gasteiger partial charge in [0.05, 0.1) is 0 Å². The van der Waals surface area contributed by atoms with Gasteiger partial charge in [-0.2, -0.15) is 13.2 Å². The van der Waals surface area contributed by atoms with Crippen LogP contribution in [0.4, 0.5) is 13.2 Å². The van der Waals surface area contributed by atoms with Crippen LogP contribution in [-0.4, -0.2) is 29.6 Å². The molecule has 19 heavy (non-hydrogen) atoms. The fraction of sp³-hybridized carbons (Fsp3) is 0.583. The number of amides is 1. The molecule has 1 fully saturated rings. The van der Waals surface area contributed by atoms with Crippen molar-refractivity contribution in [3.63, 3.8) is 0 Å². The molecule has 2 nitrogen and oxygen atoms in total. The Morgan fingerprint density at radius 1 is 1.58 bits per heavy atom. The van der Waals surface area contributed by atoms with Gasteiger partial charge in [-0.1, -0.05) is 0 Å². The molecule has 0 saturated heterocycles. The van der Waals surface area contributed by atoms with Crippen LogP contribution in [0.15, 0.2) is 15.9 Å². The molecule has 7 heteroatoms. The van der Waals surface area contributed by atoms with Crippen molar-refractivity contribution in [1.82, 2.24) is 4.90 Å². The predicted molar refractivity (Wildman–Crippen MR) is 71.3 cm³/mol. The van der Waals surface area contributed by atoms with Gasteiger partial charge >= 0.3 is 6.18 Å². The average molecular weight is 356 g/mol. The Morgan fingerprint density at radius 2 is 2.21 bits per heavy atom. The maximum absolute atomic E-state index is 12.7. The van der Waals surface area contributed by atoms with Crippen LogP contribution >= 0.6 is 27.3 Å². The van der Waals surface area contributed by atoms with Crippen LogP contribution < -0.4 is 0 Å². The minimum Gasteiger partial charge on any atom is -0.326 e. The number of rotatable bonds is 4. The Bertz CT molecular complexity index is 470. The van der Waals surface area contributed by atoms with Crippen LogP contribution in [0.5, 0.6) is 0 Å². The van der Waals surface area contributed by atoms with Crippen molar-refractivity contribution in [2.45, 2.75) is 32.0 Å². The van der Waals surface area contributed by atoms with Crippen molar-refractivity contribution < 1.29 is 18.0 Å². The normalized spacial score (nSPS) is 17.3. The molecule has 1 aromatic rings. The molecule has 0 aliphatic heterocycles. The first-order chi connectivity index (χ1) is 8.79. The third-order valence-electron chi connectivity index (χ3n) is 3.22. The van der Waals surface area contributed by atoms with Crippen LogP contribution in [0, 0.1) is 5.92 Å². The van der Waals surface area contributed by atoms with Gasteiger partial charge in [0.25, 0.3) is 5.91 Å². The fourth-order valence-corrected chi connectivity index (χ4v) is 3.50. The summed E-state index contributed by atoms with van der Waals surface area (Å²) in [6.45, 7) is 0.511. The highest BCUT2D eigenvalue weighted by atomic mass is 79.9. The largest absolute Gasteiger partial charge is 0.406 e. The Balaban J connectivity index is 2.21. The highest BCUT2D eigenvalue weighted by molar-refractivity contribution is 9.10. The van der Waals surface area contributed by atoms with E-state index in [9.17, 15) is 18.0 Å². The Morgan fingerprint density at radius 3 is 2.63 bits per heavy atom. The zero-order valence-corrected chi connectivity index (χ0v) is 12.6. The first-order valence-electron chi connectivity index (χ1n) is 5.90. The minimum atomic E-state index is -4.37. The van der Waals surface area contributed by atoms with Crippen LogP contribution in [0.3, 0.4) is 0 Å². The van der Waals surface area contributed by atoms with Gasteiger partial charge in [-0.25, -0.2) is 0 Å². The van der Waals surface area contributed by atoms with Gasteiger partial charge in [-0.15, -0.1) is 11.3 Å². The summed E-state index contributed by atoms with van der Waals surface area (Å²) in [4.78, 5) is 13.6. The first kappa shape index (κ1) is 14.8. The summed E-state index contributed by atoms with van der Waals surface area (Å²) in [7, 11) is 0. The number of carbonyl (C=O) groups excluding carboxylic acids is 1. The molecule has 1 aliphatic rings. The lowest BCUT2D eigenvalue weighted by Gasteiger charge is -2.30. The van der Waals surface area contributed by atoms with E-state index in [1.54, 1.807) is 18.4 Å². The van der Waals surface area contributed by atoms with E-state index in [2.05, 4.69) is 15.9 Å². The van der Waals surface area contributed by atoms with Gasteiger partial charge in [0.1, 0.15) is 11.4 Å². The average Bonchev–Trinajstić information content (AvgIpc) is 3.06. The van der Waals surface area contributed by atoms with Crippen molar-refractivity contribution in [1.29, 1.82) is 0 Å². The third-order valence-corrected chi connectivity index (χ3v) is 5.04.